The average Bonchev–Trinajstić information content (AvgIpc) is 2.44. The number of benzene rings is 1. The molecule has 0 bridgehead atoms. The van der Waals surface area contributed by atoms with Crippen LogP contribution in [0.25, 0.3) is 0 Å². The summed E-state index contributed by atoms with van der Waals surface area (Å²) in [6, 6.07) is 5.18. The molecule has 138 valence electrons. The van der Waals surface area contributed by atoms with Crippen molar-refractivity contribution in [2.45, 2.75) is 38.7 Å². The molecule has 7 nitrogen and oxygen atoms in total. The number of aliphatic imine (C=N–C) groups is 2. The van der Waals surface area contributed by atoms with E-state index < -0.39 is 23.9 Å². The maximum Gasteiger partial charge on any atom is 0.461 e. The van der Waals surface area contributed by atoms with E-state index in [1.807, 2.05) is 0 Å². The third-order valence-corrected chi connectivity index (χ3v) is 3.09. The Morgan fingerprint density at radius 3 is 2.56 bits per heavy atom. The van der Waals surface area contributed by atoms with E-state index in [0.29, 0.717) is 5.56 Å². The van der Waals surface area contributed by atoms with Crippen molar-refractivity contribution >= 4 is 11.9 Å². The Bertz CT molecular complexity index is 694. The van der Waals surface area contributed by atoms with Crippen molar-refractivity contribution in [3.63, 3.8) is 0 Å². The Morgan fingerprint density at radius 1 is 1.28 bits per heavy atom. The van der Waals surface area contributed by atoms with Crippen LogP contribution in [-0.2, 0) is 11.4 Å². The molecule has 4 N–H and O–H groups in total. The van der Waals surface area contributed by atoms with Crippen molar-refractivity contribution in [3.05, 3.63) is 29.8 Å². The molecule has 0 amide bonds. The number of hydroxylamine groups is 2. The van der Waals surface area contributed by atoms with Crippen molar-refractivity contribution < 1.29 is 27.1 Å². The molecule has 11 heteroatoms. The highest BCUT2D eigenvalue weighted by Crippen LogP contribution is 2.28. The predicted molar refractivity (Wildman–Crippen MR) is 82.0 cm³/mol. The zero-order valence-electron chi connectivity index (χ0n) is 13.4. The summed E-state index contributed by atoms with van der Waals surface area (Å²) in [4.78, 5) is 13.3. The van der Waals surface area contributed by atoms with Crippen LogP contribution >= 0.6 is 0 Å². The van der Waals surface area contributed by atoms with Gasteiger partial charge in [-0.25, -0.2) is 4.99 Å². The SMILES string of the molecule is CC1(C)N=C(N)N=C(N)N1OCc1cccc(OC(F)(F)C(F)F)c1. The Morgan fingerprint density at radius 2 is 1.96 bits per heavy atom. The minimum Gasteiger partial charge on any atom is -0.428 e. The van der Waals surface area contributed by atoms with Crippen LogP contribution in [0.5, 0.6) is 5.75 Å². The number of halogens is 4. The van der Waals surface area contributed by atoms with E-state index in [1.54, 1.807) is 13.8 Å². The van der Waals surface area contributed by atoms with Crippen molar-refractivity contribution in [2.75, 3.05) is 0 Å². The molecular formula is C14H17F4N5O2. The highest BCUT2D eigenvalue weighted by Gasteiger charge is 2.44. The van der Waals surface area contributed by atoms with Gasteiger partial charge < -0.3 is 16.2 Å². The summed E-state index contributed by atoms with van der Waals surface area (Å²) in [6.07, 6.45) is -8.53. The molecular weight excluding hydrogens is 346 g/mol. The van der Waals surface area contributed by atoms with Crippen LogP contribution in [0.3, 0.4) is 0 Å². The van der Waals surface area contributed by atoms with E-state index in [-0.39, 0.29) is 18.5 Å². The highest BCUT2D eigenvalue weighted by atomic mass is 19.3. The van der Waals surface area contributed by atoms with Crippen molar-refractivity contribution in [1.82, 2.24) is 5.06 Å². The molecule has 1 heterocycles. The Hall–Kier alpha value is -2.56. The normalized spacial score (nSPS) is 17.3. The summed E-state index contributed by atoms with van der Waals surface area (Å²) in [6.45, 7) is 3.22. The van der Waals surface area contributed by atoms with Crippen LogP contribution in [0.1, 0.15) is 19.4 Å². The zero-order chi connectivity index (χ0) is 18.8. The summed E-state index contributed by atoms with van der Waals surface area (Å²) in [7, 11) is 0. The van der Waals surface area contributed by atoms with Gasteiger partial charge in [0.25, 0.3) is 0 Å². The van der Waals surface area contributed by atoms with E-state index in [0.717, 1.165) is 12.1 Å². The molecule has 25 heavy (non-hydrogen) atoms. The number of guanidine groups is 2. The van der Waals surface area contributed by atoms with Gasteiger partial charge in [-0.15, -0.1) is 0 Å². The van der Waals surface area contributed by atoms with Crippen LogP contribution in [-0.4, -0.2) is 35.2 Å². The number of alkyl halides is 4. The molecule has 1 aliphatic heterocycles. The van der Waals surface area contributed by atoms with E-state index >= 15 is 0 Å². The molecule has 1 aromatic carbocycles. The summed E-state index contributed by atoms with van der Waals surface area (Å²) < 4.78 is 54.3. The Balaban J connectivity index is 2.07. The fourth-order valence-corrected chi connectivity index (χ4v) is 2.06. The standard InChI is InChI=1S/C14H17F4N5O2/c1-13(2)22-11(19)21-12(20)23(13)24-7-8-4-3-5-9(6-8)25-14(17,18)10(15)16/h3-6,10H,7H2,1-2H3,(H4,19,20,21,22). The summed E-state index contributed by atoms with van der Waals surface area (Å²) in [5.41, 5.74) is 10.7. The topological polar surface area (TPSA) is 98.5 Å². The molecule has 0 radical (unpaired) electrons. The van der Waals surface area contributed by atoms with Gasteiger partial charge in [-0.2, -0.15) is 27.6 Å². The number of hydrogen-bond acceptors (Lipinski definition) is 7. The number of rotatable bonds is 6. The molecule has 0 saturated carbocycles. The molecule has 0 unspecified atom stereocenters. The van der Waals surface area contributed by atoms with Crippen LogP contribution in [0.4, 0.5) is 17.6 Å². The second-order valence-electron chi connectivity index (χ2n) is 5.61. The second kappa shape index (κ2) is 6.75. The molecule has 0 fully saturated rings. The quantitative estimate of drug-likeness (QED) is 0.754. The molecule has 2 rings (SSSR count). The molecule has 0 spiro atoms. The third kappa shape index (κ3) is 4.50. The molecule has 0 atom stereocenters. The van der Waals surface area contributed by atoms with Gasteiger partial charge >= 0.3 is 12.5 Å². The lowest BCUT2D eigenvalue weighted by molar-refractivity contribution is -0.253. The van der Waals surface area contributed by atoms with E-state index in [9.17, 15) is 17.6 Å². The lowest BCUT2D eigenvalue weighted by Crippen LogP contribution is -2.53. The van der Waals surface area contributed by atoms with Gasteiger partial charge in [-0.05, 0) is 31.5 Å². The first-order valence-corrected chi connectivity index (χ1v) is 7.08. The number of nitrogens with zero attached hydrogens (tertiary/aromatic N) is 3. The highest BCUT2D eigenvalue weighted by molar-refractivity contribution is 5.95. The van der Waals surface area contributed by atoms with Gasteiger partial charge in [0.15, 0.2) is 5.66 Å². The minimum absolute atomic E-state index is 0.00743. The fraction of sp³-hybridized carbons (Fsp3) is 0.429. The first kappa shape index (κ1) is 18.8. The summed E-state index contributed by atoms with van der Waals surface area (Å²) in [5.74, 6) is -0.464. The monoisotopic (exact) mass is 363 g/mol. The summed E-state index contributed by atoms with van der Waals surface area (Å²) >= 11 is 0. The smallest absolute Gasteiger partial charge is 0.428 e. The van der Waals surface area contributed by atoms with Crippen molar-refractivity contribution in [1.29, 1.82) is 0 Å². The first-order chi connectivity index (χ1) is 11.5. The van der Waals surface area contributed by atoms with Crippen molar-refractivity contribution in [2.24, 2.45) is 21.5 Å². The molecule has 0 aromatic heterocycles. The molecule has 0 aliphatic carbocycles. The molecule has 1 aromatic rings. The second-order valence-corrected chi connectivity index (χ2v) is 5.61. The molecule has 1 aliphatic rings. The average molecular weight is 363 g/mol. The van der Waals surface area contributed by atoms with Gasteiger partial charge in [0.05, 0.1) is 0 Å². The van der Waals surface area contributed by atoms with Crippen LogP contribution < -0.4 is 16.2 Å². The van der Waals surface area contributed by atoms with Gasteiger partial charge in [0.2, 0.25) is 11.9 Å². The van der Waals surface area contributed by atoms with Crippen molar-refractivity contribution in [3.8, 4) is 5.75 Å². The first-order valence-electron chi connectivity index (χ1n) is 7.08. The maximum absolute atomic E-state index is 13.0. The van der Waals surface area contributed by atoms with E-state index in [1.165, 1.54) is 17.2 Å². The Kier molecular flexibility index (Phi) is 5.07. The molecule has 0 saturated heterocycles. The van der Waals surface area contributed by atoms with Gasteiger partial charge in [-0.1, -0.05) is 12.1 Å². The van der Waals surface area contributed by atoms with Gasteiger partial charge in [0, 0.05) is 0 Å². The van der Waals surface area contributed by atoms with E-state index in [4.69, 9.17) is 16.3 Å². The van der Waals surface area contributed by atoms with Crippen LogP contribution in [0.15, 0.2) is 34.3 Å². The lowest BCUT2D eigenvalue weighted by atomic mass is 10.2. The number of nitrogens with two attached hydrogens (primary N) is 2. The Labute approximate surface area is 140 Å². The predicted octanol–water partition coefficient (Wildman–Crippen LogP) is 2.04. The lowest BCUT2D eigenvalue weighted by Gasteiger charge is -2.36. The maximum atomic E-state index is 13.0. The van der Waals surface area contributed by atoms with Gasteiger partial charge in [0.1, 0.15) is 12.4 Å². The largest absolute Gasteiger partial charge is 0.461 e. The third-order valence-electron chi connectivity index (χ3n) is 3.09. The van der Waals surface area contributed by atoms with Crippen LogP contribution in [0.2, 0.25) is 0 Å². The number of ether oxygens (including phenoxy) is 1. The fourth-order valence-electron chi connectivity index (χ4n) is 2.06. The van der Waals surface area contributed by atoms with E-state index in [2.05, 4.69) is 14.7 Å². The zero-order valence-corrected chi connectivity index (χ0v) is 13.4. The van der Waals surface area contributed by atoms with Crippen LogP contribution in [0, 0.1) is 0 Å². The van der Waals surface area contributed by atoms with Gasteiger partial charge in [-0.3, -0.25) is 4.84 Å². The minimum atomic E-state index is -4.59. The number of hydrogen-bond donors (Lipinski definition) is 2. The summed E-state index contributed by atoms with van der Waals surface area (Å²) in [5, 5.41) is 1.20.